The van der Waals surface area contributed by atoms with E-state index in [0.717, 1.165) is 12.0 Å². The number of hydrogen-bond donors (Lipinski definition) is 2. The minimum absolute atomic E-state index is 0.178. The minimum Gasteiger partial charge on any atom is -0.491 e. The molecule has 18 heavy (non-hydrogen) atoms. The van der Waals surface area contributed by atoms with Crippen molar-refractivity contribution in [3.63, 3.8) is 0 Å². The molecule has 0 aliphatic carbocycles. The van der Waals surface area contributed by atoms with E-state index >= 15 is 0 Å². The first-order valence-electron chi connectivity index (χ1n) is 6.38. The number of carbonyl (C=O) groups excluding carboxylic acids is 1. The Bertz CT molecular complexity index is 405. The number of benzene rings is 1. The minimum atomic E-state index is -0.481. The molecular weight excluding hydrogens is 228 g/mol. The molecule has 0 heterocycles. The first-order chi connectivity index (χ1) is 8.58. The second-order valence-electron chi connectivity index (χ2n) is 4.35. The van der Waals surface area contributed by atoms with E-state index in [1.54, 1.807) is 0 Å². The van der Waals surface area contributed by atoms with E-state index in [1.165, 1.54) is 0 Å². The van der Waals surface area contributed by atoms with Crippen LogP contribution < -0.4 is 15.8 Å². The predicted molar refractivity (Wildman–Crippen MR) is 73.9 cm³/mol. The Morgan fingerprint density at radius 1 is 1.44 bits per heavy atom. The summed E-state index contributed by atoms with van der Waals surface area (Å²) in [5, 5.41) is 2.81. The molecule has 0 spiro atoms. The van der Waals surface area contributed by atoms with Gasteiger partial charge in [-0.2, -0.15) is 0 Å². The maximum absolute atomic E-state index is 11.8. The van der Waals surface area contributed by atoms with E-state index in [1.807, 2.05) is 39.0 Å². The molecule has 3 N–H and O–H groups in total. The van der Waals surface area contributed by atoms with Crippen molar-refractivity contribution in [1.82, 2.24) is 0 Å². The molecule has 1 atom stereocenters. The highest BCUT2D eigenvalue weighted by Crippen LogP contribution is 2.26. The van der Waals surface area contributed by atoms with Crippen LogP contribution in [0.25, 0.3) is 0 Å². The van der Waals surface area contributed by atoms with Gasteiger partial charge in [0.25, 0.3) is 0 Å². The number of aryl methyl sites for hydroxylation is 1. The van der Waals surface area contributed by atoms with E-state index in [4.69, 9.17) is 10.5 Å². The highest BCUT2D eigenvalue weighted by molar-refractivity contribution is 5.95. The Morgan fingerprint density at radius 2 is 2.17 bits per heavy atom. The van der Waals surface area contributed by atoms with Crippen molar-refractivity contribution in [1.29, 1.82) is 0 Å². The van der Waals surface area contributed by atoms with E-state index < -0.39 is 6.04 Å². The first-order valence-corrected chi connectivity index (χ1v) is 6.38. The van der Waals surface area contributed by atoms with Crippen molar-refractivity contribution in [2.75, 3.05) is 11.9 Å². The molecule has 100 valence electrons. The van der Waals surface area contributed by atoms with Crippen LogP contribution in [0.1, 0.15) is 32.3 Å². The monoisotopic (exact) mass is 250 g/mol. The second kappa shape index (κ2) is 7.01. The largest absolute Gasteiger partial charge is 0.491 e. The number of amides is 1. The number of ether oxygens (including phenoxy) is 1. The van der Waals surface area contributed by atoms with Gasteiger partial charge in [-0.1, -0.05) is 19.9 Å². The van der Waals surface area contributed by atoms with Crippen LogP contribution >= 0.6 is 0 Å². The fourth-order valence-corrected chi connectivity index (χ4v) is 1.48. The van der Waals surface area contributed by atoms with Crippen LogP contribution in [0.15, 0.2) is 18.2 Å². The fourth-order valence-electron chi connectivity index (χ4n) is 1.48. The first kappa shape index (κ1) is 14.5. The molecule has 1 aromatic rings. The van der Waals surface area contributed by atoms with Crippen molar-refractivity contribution in [2.24, 2.45) is 5.73 Å². The van der Waals surface area contributed by atoms with Gasteiger partial charge in [0, 0.05) is 0 Å². The molecule has 0 aromatic heterocycles. The van der Waals surface area contributed by atoms with Crippen LogP contribution in [0.5, 0.6) is 5.75 Å². The molecule has 1 aromatic carbocycles. The van der Waals surface area contributed by atoms with Gasteiger partial charge >= 0.3 is 0 Å². The number of rotatable bonds is 6. The predicted octanol–water partition coefficient (Wildman–Crippen LogP) is 2.46. The standard InChI is InChI=1S/C14H22N2O2/c1-4-8-18-13-9-10(3)6-7-12(13)16-14(17)11(15)5-2/h6-7,9,11H,4-5,8,15H2,1-3H3,(H,16,17)/t11-/m1/s1. The molecule has 0 bridgehead atoms. The number of nitrogens with two attached hydrogens (primary N) is 1. The summed E-state index contributed by atoms with van der Waals surface area (Å²) < 4.78 is 5.63. The zero-order chi connectivity index (χ0) is 13.5. The average molecular weight is 250 g/mol. The van der Waals surface area contributed by atoms with Crippen LogP contribution in [-0.4, -0.2) is 18.6 Å². The van der Waals surface area contributed by atoms with Gasteiger partial charge in [0.05, 0.1) is 18.3 Å². The average Bonchev–Trinajstić information content (AvgIpc) is 2.37. The summed E-state index contributed by atoms with van der Waals surface area (Å²) in [6.45, 7) is 6.54. The van der Waals surface area contributed by atoms with Crippen molar-refractivity contribution in [3.8, 4) is 5.75 Å². The van der Waals surface area contributed by atoms with E-state index in [9.17, 15) is 4.79 Å². The Kier molecular flexibility index (Phi) is 5.65. The number of hydrogen-bond acceptors (Lipinski definition) is 3. The lowest BCUT2D eigenvalue weighted by atomic mass is 10.2. The van der Waals surface area contributed by atoms with E-state index in [-0.39, 0.29) is 5.91 Å². The van der Waals surface area contributed by atoms with E-state index in [2.05, 4.69) is 5.32 Å². The lowest BCUT2D eigenvalue weighted by molar-refractivity contribution is -0.117. The summed E-state index contributed by atoms with van der Waals surface area (Å²) in [7, 11) is 0. The lowest BCUT2D eigenvalue weighted by Crippen LogP contribution is -2.34. The molecule has 0 aliphatic heterocycles. The third-order valence-corrected chi connectivity index (χ3v) is 2.63. The fraction of sp³-hybridized carbons (Fsp3) is 0.500. The molecule has 0 saturated heterocycles. The Labute approximate surface area is 109 Å². The summed E-state index contributed by atoms with van der Waals surface area (Å²) in [5.41, 5.74) is 7.47. The lowest BCUT2D eigenvalue weighted by Gasteiger charge is -2.15. The third-order valence-electron chi connectivity index (χ3n) is 2.63. The molecule has 4 heteroatoms. The van der Waals surface area contributed by atoms with Crippen LogP contribution in [-0.2, 0) is 4.79 Å². The molecule has 0 saturated carbocycles. The second-order valence-corrected chi connectivity index (χ2v) is 4.35. The van der Waals surface area contributed by atoms with Crippen LogP contribution in [0.3, 0.4) is 0 Å². The van der Waals surface area contributed by atoms with Gasteiger partial charge in [0.15, 0.2) is 0 Å². The molecular formula is C14H22N2O2. The Balaban J connectivity index is 2.83. The summed E-state index contributed by atoms with van der Waals surface area (Å²) in [6, 6.07) is 5.22. The SMILES string of the molecule is CCCOc1cc(C)ccc1NC(=O)[C@H](N)CC. The Hall–Kier alpha value is -1.55. The van der Waals surface area contributed by atoms with Crippen LogP contribution in [0.2, 0.25) is 0 Å². The molecule has 0 unspecified atom stereocenters. The Morgan fingerprint density at radius 3 is 2.78 bits per heavy atom. The molecule has 0 aliphatic rings. The number of anilines is 1. The smallest absolute Gasteiger partial charge is 0.241 e. The number of carbonyl (C=O) groups is 1. The summed E-state index contributed by atoms with van der Waals surface area (Å²) >= 11 is 0. The zero-order valence-electron chi connectivity index (χ0n) is 11.3. The topological polar surface area (TPSA) is 64.3 Å². The highest BCUT2D eigenvalue weighted by atomic mass is 16.5. The summed E-state index contributed by atoms with van der Waals surface area (Å²) in [6.07, 6.45) is 1.54. The zero-order valence-corrected chi connectivity index (χ0v) is 11.3. The van der Waals surface area contributed by atoms with Gasteiger partial charge in [0.1, 0.15) is 5.75 Å². The summed E-state index contributed by atoms with van der Waals surface area (Å²) in [4.78, 5) is 11.8. The highest BCUT2D eigenvalue weighted by Gasteiger charge is 2.13. The summed E-state index contributed by atoms with van der Waals surface area (Å²) in [5.74, 6) is 0.524. The molecule has 0 fully saturated rings. The quantitative estimate of drug-likeness (QED) is 0.815. The van der Waals surface area contributed by atoms with E-state index in [0.29, 0.717) is 24.5 Å². The maximum atomic E-state index is 11.8. The van der Waals surface area contributed by atoms with Crippen molar-refractivity contribution in [3.05, 3.63) is 23.8 Å². The van der Waals surface area contributed by atoms with Crippen LogP contribution in [0, 0.1) is 6.92 Å². The molecule has 1 rings (SSSR count). The van der Waals surface area contributed by atoms with Gasteiger partial charge in [-0.15, -0.1) is 0 Å². The third kappa shape index (κ3) is 4.04. The van der Waals surface area contributed by atoms with Gasteiger partial charge in [-0.25, -0.2) is 0 Å². The van der Waals surface area contributed by atoms with Crippen molar-refractivity contribution < 1.29 is 9.53 Å². The van der Waals surface area contributed by atoms with Crippen molar-refractivity contribution >= 4 is 11.6 Å². The number of nitrogens with one attached hydrogen (secondary N) is 1. The van der Waals surface area contributed by atoms with Gasteiger partial charge in [0.2, 0.25) is 5.91 Å². The maximum Gasteiger partial charge on any atom is 0.241 e. The van der Waals surface area contributed by atoms with Gasteiger partial charge in [-0.3, -0.25) is 4.79 Å². The molecule has 4 nitrogen and oxygen atoms in total. The van der Waals surface area contributed by atoms with Gasteiger partial charge in [-0.05, 0) is 37.5 Å². The normalized spacial score (nSPS) is 12.0. The van der Waals surface area contributed by atoms with Crippen LogP contribution in [0.4, 0.5) is 5.69 Å². The molecule has 1 amide bonds. The molecule has 0 radical (unpaired) electrons. The van der Waals surface area contributed by atoms with Crippen molar-refractivity contribution in [2.45, 2.75) is 39.7 Å². The van der Waals surface area contributed by atoms with Gasteiger partial charge < -0.3 is 15.8 Å².